The third-order valence-electron chi connectivity index (χ3n) is 2.97. The van der Waals surface area contributed by atoms with Crippen molar-refractivity contribution in [2.45, 2.75) is 25.6 Å². The molecule has 0 aliphatic carbocycles. The van der Waals surface area contributed by atoms with Crippen molar-refractivity contribution in [2.75, 3.05) is 12.8 Å². The molecule has 0 aliphatic rings. The van der Waals surface area contributed by atoms with Crippen molar-refractivity contribution in [2.24, 2.45) is 5.92 Å². The summed E-state index contributed by atoms with van der Waals surface area (Å²) in [5, 5.41) is 9.17. The molecule has 4 nitrogen and oxygen atoms in total. The van der Waals surface area contributed by atoms with Crippen LogP contribution in [-0.2, 0) is 16.1 Å². The second-order valence-corrected chi connectivity index (χ2v) is 6.76. The molecule has 0 radical (unpaired) electrons. The molecule has 1 aromatic rings. The zero-order chi connectivity index (χ0) is 16.0. The number of carbonyl (C=O) groups is 2. The maximum atomic E-state index is 12.1. The first-order chi connectivity index (χ1) is 9.81. The summed E-state index contributed by atoms with van der Waals surface area (Å²) in [6.07, 6.45) is 0. The van der Waals surface area contributed by atoms with Gasteiger partial charge in [-0.05, 0) is 23.6 Å². The van der Waals surface area contributed by atoms with Gasteiger partial charge < -0.3 is 10.0 Å². The summed E-state index contributed by atoms with van der Waals surface area (Å²) in [5.74, 6) is -0.822. The van der Waals surface area contributed by atoms with Crippen molar-refractivity contribution in [3.05, 3.63) is 34.9 Å². The smallest absolute Gasteiger partial charge is 0.316 e. The van der Waals surface area contributed by atoms with E-state index in [-0.39, 0.29) is 17.6 Å². The lowest BCUT2D eigenvalue weighted by Gasteiger charge is -2.20. The van der Waals surface area contributed by atoms with E-state index in [2.05, 4.69) is 0 Å². The highest BCUT2D eigenvalue weighted by Crippen LogP contribution is 2.20. The van der Waals surface area contributed by atoms with E-state index in [0.29, 0.717) is 11.6 Å². The molecule has 1 unspecified atom stereocenters. The van der Waals surface area contributed by atoms with Gasteiger partial charge in [-0.25, -0.2) is 0 Å². The normalized spacial score (nSPS) is 12.2. The first kappa shape index (κ1) is 17.9. The second kappa shape index (κ2) is 8.29. The Bertz CT molecular complexity index is 507. The van der Waals surface area contributed by atoms with Crippen LogP contribution in [-0.4, -0.2) is 39.9 Å². The molecule has 1 N–H and O–H groups in total. The van der Waals surface area contributed by atoms with Crippen LogP contribution >= 0.6 is 23.4 Å². The Morgan fingerprint density at radius 3 is 2.57 bits per heavy atom. The molecule has 1 aromatic carbocycles. The lowest BCUT2D eigenvalue weighted by molar-refractivity contribution is -0.137. The van der Waals surface area contributed by atoms with Crippen molar-refractivity contribution in [1.82, 2.24) is 4.90 Å². The van der Waals surface area contributed by atoms with E-state index in [1.54, 1.807) is 18.0 Å². The van der Waals surface area contributed by atoms with Crippen molar-refractivity contribution in [3.63, 3.8) is 0 Å². The lowest BCUT2D eigenvalue weighted by Crippen LogP contribution is -2.30. The molecule has 116 valence electrons. The highest BCUT2D eigenvalue weighted by atomic mass is 35.5. The summed E-state index contributed by atoms with van der Waals surface area (Å²) in [6.45, 7) is 4.14. The molecular weight excluding hydrogens is 310 g/mol. The van der Waals surface area contributed by atoms with Crippen LogP contribution in [0.2, 0.25) is 5.02 Å². The molecule has 21 heavy (non-hydrogen) atoms. The van der Waals surface area contributed by atoms with Gasteiger partial charge in [0, 0.05) is 18.6 Å². The van der Waals surface area contributed by atoms with Gasteiger partial charge in [-0.3, -0.25) is 9.59 Å². The highest BCUT2D eigenvalue weighted by molar-refractivity contribution is 8.01. The molecule has 6 heteroatoms. The summed E-state index contributed by atoms with van der Waals surface area (Å²) in [5.41, 5.74) is 0.946. The molecule has 0 fully saturated rings. The van der Waals surface area contributed by atoms with Gasteiger partial charge in [-0.2, -0.15) is 0 Å². The Morgan fingerprint density at radius 2 is 2.05 bits per heavy atom. The van der Waals surface area contributed by atoms with Gasteiger partial charge >= 0.3 is 5.97 Å². The van der Waals surface area contributed by atoms with Crippen LogP contribution in [0.5, 0.6) is 0 Å². The number of hydrogen-bond acceptors (Lipinski definition) is 3. The molecule has 0 bridgehead atoms. The largest absolute Gasteiger partial charge is 0.480 e. The van der Waals surface area contributed by atoms with Gasteiger partial charge in [0.2, 0.25) is 5.91 Å². The van der Waals surface area contributed by atoms with E-state index in [1.807, 2.05) is 32.0 Å². The fourth-order valence-corrected chi connectivity index (χ4v) is 3.10. The Labute approximate surface area is 134 Å². The van der Waals surface area contributed by atoms with E-state index < -0.39 is 11.2 Å². The number of carbonyl (C=O) groups excluding carboxylic acids is 1. The standard InChI is InChI=1S/C15H20ClNO3S/c1-10(2)14(15(19)20)21-9-13(18)17(3)8-11-5-4-6-12(16)7-11/h4-7,10,14H,8-9H2,1-3H3,(H,19,20). The number of aliphatic carboxylic acids is 1. The summed E-state index contributed by atoms with van der Waals surface area (Å²) >= 11 is 7.08. The zero-order valence-electron chi connectivity index (χ0n) is 12.4. The third-order valence-corrected chi connectivity index (χ3v) is 4.72. The van der Waals surface area contributed by atoms with Crippen LogP contribution < -0.4 is 0 Å². The molecule has 0 aliphatic heterocycles. The summed E-state index contributed by atoms with van der Waals surface area (Å²) in [6, 6.07) is 7.33. The topological polar surface area (TPSA) is 57.6 Å². The van der Waals surface area contributed by atoms with Crippen molar-refractivity contribution >= 4 is 35.2 Å². The Kier molecular flexibility index (Phi) is 7.05. The maximum Gasteiger partial charge on any atom is 0.316 e. The van der Waals surface area contributed by atoms with Crippen LogP contribution in [0.4, 0.5) is 0 Å². The van der Waals surface area contributed by atoms with Crippen molar-refractivity contribution < 1.29 is 14.7 Å². The molecule has 0 saturated heterocycles. The van der Waals surface area contributed by atoms with E-state index in [0.717, 1.165) is 5.56 Å². The fourth-order valence-electron chi connectivity index (χ4n) is 1.82. The van der Waals surface area contributed by atoms with Gasteiger partial charge in [0.25, 0.3) is 0 Å². The number of halogens is 1. The lowest BCUT2D eigenvalue weighted by atomic mass is 10.1. The van der Waals surface area contributed by atoms with Gasteiger partial charge in [0.1, 0.15) is 5.25 Å². The summed E-state index contributed by atoms with van der Waals surface area (Å²) in [4.78, 5) is 24.7. The number of amides is 1. The number of nitrogens with zero attached hydrogens (tertiary/aromatic N) is 1. The van der Waals surface area contributed by atoms with Crippen LogP contribution in [0.1, 0.15) is 19.4 Å². The Balaban J connectivity index is 2.53. The van der Waals surface area contributed by atoms with E-state index in [1.165, 1.54) is 11.8 Å². The minimum Gasteiger partial charge on any atom is -0.480 e. The monoisotopic (exact) mass is 329 g/mol. The van der Waals surface area contributed by atoms with Crippen LogP contribution in [0.25, 0.3) is 0 Å². The maximum absolute atomic E-state index is 12.1. The minimum atomic E-state index is -0.875. The SMILES string of the molecule is CC(C)C(SCC(=O)N(C)Cc1cccc(Cl)c1)C(=O)O. The molecule has 0 heterocycles. The van der Waals surface area contributed by atoms with Crippen molar-refractivity contribution in [3.8, 4) is 0 Å². The average molecular weight is 330 g/mol. The first-order valence-electron chi connectivity index (χ1n) is 6.64. The predicted octanol–water partition coefficient (Wildman–Crippen LogP) is 3.14. The number of carboxylic acids is 1. The molecule has 1 atom stereocenters. The van der Waals surface area contributed by atoms with Gasteiger partial charge in [0.05, 0.1) is 5.75 Å². The molecular formula is C15H20ClNO3S. The fraction of sp³-hybridized carbons (Fsp3) is 0.467. The van der Waals surface area contributed by atoms with Crippen LogP contribution in [0, 0.1) is 5.92 Å². The number of benzene rings is 1. The summed E-state index contributed by atoms with van der Waals surface area (Å²) in [7, 11) is 1.70. The Morgan fingerprint density at radius 1 is 1.38 bits per heavy atom. The second-order valence-electron chi connectivity index (χ2n) is 5.19. The Hall–Kier alpha value is -1.20. The van der Waals surface area contributed by atoms with E-state index in [4.69, 9.17) is 16.7 Å². The molecule has 0 aromatic heterocycles. The quantitative estimate of drug-likeness (QED) is 0.835. The van der Waals surface area contributed by atoms with Gasteiger partial charge in [-0.1, -0.05) is 37.6 Å². The molecule has 1 rings (SSSR count). The number of rotatable bonds is 7. The summed E-state index contributed by atoms with van der Waals surface area (Å²) < 4.78 is 0. The molecule has 0 spiro atoms. The average Bonchev–Trinajstić information content (AvgIpc) is 2.37. The zero-order valence-corrected chi connectivity index (χ0v) is 13.9. The highest BCUT2D eigenvalue weighted by Gasteiger charge is 2.23. The third kappa shape index (κ3) is 5.98. The first-order valence-corrected chi connectivity index (χ1v) is 8.06. The predicted molar refractivity (Wildman–Crippen MR) is 86.6 cm³/mol. The number of carboxylic acid groups (broad SMARTS) is 1. The van der Waals surface area contributed by atoms with E-state index in [9.17, 15) is 9.59 Å². The number of thioether (sulfide) groups is 1. The van der Waals surface area contributed by atoms with Gasteiger partial charge in [0.15, 0.2) is 0 Å². The van der Waals surface area contributed by atoms with Crippen LogP contribution in [0.15, 0.2) is 24.3 Å². The molecule has 1 amide bonds. The molecule has 0 saturated carbocycles. The van der Waals surface area contributed by atoms with Crippen LogP contribution in [0.3, 0.4) is 0 Å². The number of hydrogen-bond donors (Lipinski definition) is 1. The van der Waals surface area contributed by atoms with Crippen molar-refractivity contribution in [1.29, 1.82) is 0 Å². The van der Waals surface area contributed by atoms with E-state index >= 15 is 0 Å². The van der Waals surface area contributed by atoms with Gasteiger partial charge in [-0.15, -0.1) is 11.8 Å². The minimum absolute atomic E-state index is 0.0152.